The van der Waals surface area contributed by atoms with Crippen molar-refractivity contribution in [2.45, 2.75) is 45.6 Å². The highest BCUT2D eigenvalue weighted by atomic mass is 32.1. The standard InChI is InChI=1S/C14H25N3OS/c1-3-16(4-2)11-6-9-17(10-11)13(18)14(12(15)19)7-5-8-14/h11H,3-10H2,1-2H3,(H2,15,19). The minimum Gasteiger partial charge on any atom is -0.392 e. The average Bonchev–Trinajstić information content (AvgIpc) is 2.78. The molecule has 0 spiro atoms. The van der Waals surface area contributed by atoms with Gasteiger partial charge in [-0.15, -0.1) is 0 Å². The summed E-state index contributed by atoms with van der Waals surface area (Å²) < 4.78 is 0. The van der Waals surface area contributed by atoms with E-state index in [0.717, 1.165) is 51.9 Å². The number of hydrogen-bond acceptors (Lipinski definition) is 3. The van der Waals surface area contributed by atoms with Gasteiger partial charge in [0.1, 0.15) is 0 Å². The van der Waals surface area contributed by atoms with Crippen LogP contribution in [-0.4, -0.2) is 52.9 Å². The van der Waals surface area contributed by atoms with Crippen LogP contribution in [0.4, 0.5) is 0 Å². The fourth-order valence-corrected chi connectivity index (χ4v) is 3.65. The third-order valence-corrected chi connectivity index (χ3v) is 5.26. The lowest BCUT2D eigenvalue weighted by atomic mass is 9.67. The maximum absolute atomic E-state index is 12.7. The Morgan fingerprint density at radius 1 is 1.42 bits per heavy atom. The van der Waals surface area contributed by atoms with Crippen LogP contribution in [0.5, 0.6) is 0 Å². The molecule has 2 rings (SSSR count). The van der Waals surface area contributed by atoms with E-state index >= 15 is 0 Å². The molecule has 1 heterocycles. The largest absolute Gasteiger partial charge is 0.392 e. The number of rotatable bonds is 5. The molecule has 4 nitrogen and oxygen atoms in total. The highest BCUT2D eigenvalue weighted by Gasteiger charge is 2.50. The van der Waals surface area contributed by atoms with Crippen molar-refractivity contribution in [3.8, 4) is 0 Å². The predicted molar refractivity (Wildman–Crippen MR) is 81.0 cm³/mol. The van der Waals surface area contributed by atoms with Crippen LogP contribution >= 0.6 is 12.2 Å². The van der Waals surface area contributed by atoms with Crippen LogP contribution in [0.25, 0.3) is 0 Å². The zero-order valence-electron chi connectivity index (χ0n) is 12.0. The van der Waals surface area contributed by atoms with E-state index in [4.69, 9.17) is 18.0 Å². The molecule has 0 radical (unpaired) electrons. The van der Waals surface area contributed by atoms with E-state index in [-0.39, 0.29) is 5.91 Å². The second kappa shape index (κ2) is 5.75. The van der Waals surface area contributed by atoms with Crippen molar-refractivity contribution in [2.75, 3.05) is 26.2 Å². The second-order valence-corrected chi connectivity index (χ2v) is 6.15. The van der Waals surface area contributed by atoms with E-state index in [9.17, 15) is 4.79 Å². The van der Waals surface area contributed by atoms with E-state index in [1.807, 2.05) is 4.90 Å². The van der Waals surface area contributed by atoms with Gasteiger partial charge in [0.2, 0.25) is 5.91 Å². The monoisotopic (exact) mass is 283 g/mol. The van der Waals surface area contributed by atoms with Crippen LogP contribution < -0.4 is 5.73 Å². The Hall–Kier alpha value is -0.680. The summed E-state index contributed by atoms with van der Waals surface area (Å²) in [5.74, 6) is 0.181. The number of thiocarbonyl (C=S) groups is 1. The fourth-order valence-electron chi connectivity index (χ4n) is 3.36. The number of carbonyl (C=O) groups is 1. The van der Waals surface area contributed by atoms with Gasteiger partial charge in [0, 0.05) is 19.1 Å². The highest BCUT2D eigenvalue weighted by Crippen LogP contribution is 2.43. The van der Waals surface area contributed by atoms with Gasteiger partial charge < -0.3 is 10.6 Å². The zero-order valence-corrected chi connectivity index (χ0v) is 12.8. The first-order valence-corrected chi connectivity index (χ1v) is 7.79. The van der Waals surface area contributed by atoms with Crippen molar-refractivity contribution in [3.05, 3.63) is 0 Å². The van der Waals surface area contributed by atoms with Crippen molar-refractivity contribution in [3.63, 3.8) is 0 Å². The minimum absolute atomic E-state index is 0.181. The third-order valence-electron chi connectivity index (χ3n) is 4.87. The molecule has 108 valence electrons. The van der Waals surface area contributed by atoms with Crippen molar-refractivity contribution >= 4 is 23.1 Å². The molecule has 1 saturated heterocycles. The molecule has 0 aromatic rings. The topological polar surface area (TPSA) is 49.6 Å². The Bertz CT molecular complexity index is 364. The quantitative estimate of drug-likeness (QED) is 0.775. The summed E-state index contributed by atoms with van der Waals surface area (Å²) in [4.78, 5) is 17.5. The van der Waals surface area contributed by atoms with Gasteiger partial charge in [0.05, 0.1) is 10.4 Å². The lowest BCUT2D eigenvalue weighted by Gasteiger charge is -2.41. The van der Waals surface area contributed by atoms with E-state index in [0.29, 0.717) is 11.0 Å². The van der Waals surface area contributed by atoms with Crippen LogP contribution in [0.3, 0.4) is 0 Å². The summed E-state index contributed by atoms with van der Waals surface area (Å²) in [6.07, 6.45) is 3.82. The fraction of sp³-hybridized carbons (Fsp3) is 0.857. The number of nitrogens with two attached hydrogens (primary N) is 1. The first kappa shape index (κ1) is 14.7. The summed E-state index contributed by atoms with van der Waals surface area (Å²) in [6, 6.07) is 0.502. The number of nitrogens with zero attached hydrogens (tertiary/aromatic N) is 2. The maximum atomic E-state index is 12.7. The summed E-state index contributed by atoms with van der Waals surface area (Å²) in [7, 11) is 0. The van der Waals surface area contributed by atoms with Gasteiger partial charge >= 0.3 is 0 Å². The molecule has 1 aliphatic carbocycles. The molecule has 1 saturated carbocycles. The Labute approximate surface area is 121 Å². The van der Waals surface area contributed by atoms with Crippen molar-refractivity contribution in [1.82, 2.24) is 9.80 Å². The summed E-state index contributed by atoms with van der Waals surface area (Å²) in [5, 5.41) is 0. The van der Waals surface area contributed by atoms with Crippen LogP contribution in [0.15, 0.2) is 0 Å². The van der Waals surface area contributed by atoms with Crippen LogP contribution in [-0.2, 0) is 4.79 Å². The minimum atomic E-state index is -0.506. The molecule has 1 aliphatic heterocycles. The summed E-state index contributed by atoms with van der Waals surface area (Å²) >= 11 is 5.14. The van der Waals surface area contributed by atoms with Gasteiger partial charge in [-0.25, -0.2) is 0 Å². The number of likely N-dealkylation sites (N-methyl/N-ethyl adjacent to an activating group) is 1. The lowest BCUT2D eigenvalue weighted by Crippen LogP contribution is -2.54. The molecule has 1 atom stereocenters. The molecule has 19 heavy (non-hydrogen) atoms. The molecule has 0 aromatic heterocycles. The Balaban J connectivity index is 2.01. The van der Waals surface area contributed by atoms with Crippen LogP contribution in [0, 0.1) is 5.41 Å². The van der Waals surface area contributed by atoms with Gasteiger partial charge in [-0.1, -0.05) is 32.5 Å². The summed E-state index contributed by atoms with van der Waals surface area (Å²) in [6.45, 7) is 8.13. The molecule has 2 N–H and O–H groups in total. The molecule has 1 unspecified atom stereocenters. The number of amides is 1. The normalized spacial score (nSPS) is 25.4. The average molecular weight is 283 g/mol. The van der Waals surface area contributed by atoms with E-state index in [1.54, 1.807) is 0 Å². The van der Waals surface area contributed by atoms with Crippen molar-refractivity contribution in [2.24, 2.45) is 11.1 Å². The third kappa shape index (κ3) is 2.50. The number of hydrogen-bond donors (Lipinski definition) is 1. The van der Waals surface area contributed by atoms with Gasteiger partial charge in [-0.2, -0.15) is 0 Å². The molecule has 0 aromatic carbocycles. The SMILES string of the molecule is CCN(CC)C1CCN(C(=O)C2(C(N)=S)CCC2)C1. The molecular weight excluding hydrogens is 258 g/mol. The van der Waals surface area contributed by atoms with Gasteiger partial charge in [0.15, 0.2) is 0 Å². The summed E-state index contributed by atoms with van der Waals surface area (Å²) in [5.41, 5.74) is 5.32. The van der Waals surface area contributed by atoms with E-state index in [2.05, 4.69) is 18.7 Å². The molecule has 2 fully saturated rings. The molecule has 5 heteroatoms. The lowest BCUT2D eigenvalue weighted by molar-refractivity contribution is -0.141. The van der Waals surface area contributed by atoms with Crippen molar-refractivity contribution < 1.29 is 4.79 Å². The van der Waals surface area contributed by atoms with Crippen LogP contribution in [0.1, 0.15) is 39.5 Å². The predicted octanol–water partition coefficient (Wildman–Crippen LogP) is 1.39. The Morgan fingerprint density at radius 3 is 2.47 bits per heavy atom. The molecule has 1 amide bonds. The van der Waals surface area contributed by atoms with E-state index in [1.165, 1.54) is 0 Å². The Kier molecular flexibility index (Phi) is 4.46. The zero-order chi connectivity index (χ0) is 14.0. The van der Waals surface area contributed by atoms with Gasteiger partial charge in [-0.05, 0) is 32.4 Å². The molecular formula is C14H25N3OS. The first-order valence-electron chi connectivity index (χ1n) is 7.38. The first-order chi connectivity index (χ1) is 9.05. The van der Waals surface area contributed by atoms with Gasteiger partial charge in [-0.3, -0.25) is 9.69 Å². The Morgan fingerprint density at radius 2 is 2.05 bits per heavy atom. The van der Waals surface area contributed by atoms with Crippen LogP contribution in [0.2, 0.25) is 0 Å². The molecule has 2 aliphatic rings. The smallest absolute Gasteiger partial charge is 0.235 e. The second-order valence-electron chi connectivity index (χ2n) is 5.71. The highest BCUT2D eigenvalue weighted by molar-refractivity contribution is 7.80. The number of carbonyl (C=O) groups excluding carboxylic acids is 1. The molecule has 0 bridgehead atoms. The maximum Gasteiger partial charge on any atom is 0.235 e. The van der Waals surface area contributed by atoms with Crippen molar-refractivity contribution in [1.29, 1.82) is 0 Å². The number of likely N-dealkylation sites (tertiary alicyclic amines) is 1. The van der Waals surface area contributed by atoms with E-state index < -0.39 is 5.41 Å². The van der Waals surface area contributed by atoms with Gasteiger partial charge in [0.25, 0.3) is 0 Å².